The molecule has 7 heteroatoms. The Hall–Kier alpha value is -2.34. The Kier molecular flexibility index (Phi) is 6.50. The highest BCUT2D eigenvalue weighted by Gasteiger charge is 2.18. The van der Waals surface area contributed by atoms with Gasteiger partial charge < -0.3 is 14.9 Å². The highest BCUT2D eigenvalue weighted by Crippen LogP contribution is 2.28. The molecule has 2 aromatic rings. The van der Waals surface area contributed by atoms with Crippen LogP contribution in [0.15, 0.2) is 28.8 Å². The van der Waals surface area contributed by atoms with Crippen molar-refractivity contribution in [2.24, 2.45) is 5.92 Å². The number of carbonyl (C=O) groups is 2. The minimum Gasteiger partial charge on any atom is -0.478 e. The van der Waals surface area contributed by atoms with Crippen LogP contribution < -0.4 is 5.32 Å². The summed E-state index contributed by atoms with van der Waals surface area (Å²) in [4.78, 5) is 23.6. The molecule has 1 heterocycles. The maximum absolute atomic E-state index is 12.3. The lowest BCUT2D eigenvalue weighted by atomic mass is 9.86. The van der Waals surface area contributed by atoms with Crippen LogP contribution in [0.2, 0.25) is 5.02 Å². The predicted octanol–water partition coefficient (Wildman–Crippen LogP) is 5.18. The van der Waals surface area contributed by atoms with Crippen LogP contribution in [0.25, 0.3) is 0 Å². The molecule has 0 bridgehead atoms. The molecular weight excluding hydrogens is 368 g/mol. The zero-order chi connectivity index (χ0) is 19.2. The molecule has 6 nitrogen and oxygen atoms in total. The van der Waals surface area contributed by atoms with Gasteiger partial charge in [-0.3, -0.25) is 4.79 Å². The predicted molar refractivity (Wildman–Crippen MR) is 102 cm³/mol. The molecule has 0 saturated heterocycles. The average molecular weight is 391 g/mol. The van der Waals surface area contributed by atoms with Crippen LogP contribution in [0.4, 0.5) is 5.69 Å². The van der Waals surface area contributed by atoms with E-state index in [0.29, 0.717) is 5.76 Å². The molecule has 0 aliphatic heterocycles. The lowest BCUT2D eigenvalue weighted by Gasteiger charge is -2.20. The van der Waals surface area contributed by atoms with Crippen LogP contribution in [0, 0.1) is 5.92 Å². The second kappa shape index (κ2) is 9.04. The lowest BCUT2D eigenvalue weighted by Crippen LogP contribution is -2.15. The maximum atomic E-state index is 12.3. The first-order chi connectivity index (χ1) is 13.0. The first kappa shape index (κ1) is 19.4. The number of carbonyl (C=O) groups excluding carboxylic acids is 1. The normalized spacial score (nSPS) is 14.9. The zero-order valence-electron chi connectivity index (χ0n) is 15.0. The Morgan fingerprint density at radius 2 is 2.00 bits per heavy atom. The van der Waals surface area contributed by atoms with E-state index in [9.17, 15) is 14.7 Å². The molecule has 1 aliphatic rings. The Morgan fingerprint density at radius 3 is 2.74 bits per heavy atom. The van der Waals surface area contributed by atoms with Gasteiger partial charge >= 0.3 is 5.97 Å². The zero-order valence-corrected chi connectivity index (χ0v) is 15.8. The van der Waals surface area contributed by atoms with Gasteiger partial charge in [-0.15, -0.1) is 0 Å². The van der Waals surface area contributed by atoms with E-state index in [1.165, 1.54) is 56.7 Å². The van der Waals surface area contributed by atoms with E-state index < -0.39 is 11.9 Å². The van der Waals surface area contributed by atoms with Gasteiger partial charge in [0.05, 0.1) is 11.3 Å². The SMILES string of the molecule is O=C(Nc1ccc(Cl)cc1C(=O)O)c1cc(CCCC2CCCCC2)on1. The lowest BCUT2D eigenvalue weighted by molar-refractivity contribution is 0.0698. The van der Waals surface area contributed by atoms with Gasteiger partial charge in [-0.25, -0.2) is 4.79 Å². The van der Waals surface area contributed by atoms with Gasteiger partial charge in [0.15, 0.2) is 5.69 Å². The summed E-state index contributed by atoms with van der Waals surface area (Å²) in [7, 11) is 0. The van der Waals surface area contributed by atoms with Gasteiger partial charge in [-0.05, 0) is 30.5 Å². The van der Waals surface area contributed by atoms with Crippen LogP contribution in [0.3, 0.4) is 0 Å². The molecule has 1 aliphatic carbocycles. The van der Waals surface area contributed by atoms with Crippen molar-refractivity contribution >= 4 is 29.2 Å². The molecule has 144 valence electrons. The maximum Gasteiger partial charge on any atom is 0.337 e. The number of amides is 1. The second-order valence-electron chi connectivity index (χ2n) is 7.02. The molecule has 27 heavy (non-hydrogen) atoms. The van der Waals surface area contributed by atoms with E-state index in [1.54, 1.807) is 6.07 Å². The molecule has 1 saturated carbocycles. The second-order valence-corrected chi connectivity index (χ2v) is 7.46. The molecule has 0 radical (unpaired) electrons. The molecule has 1 aromatic heterocycles. The summed E-state index contributed by atoms with van der Waals surface area (Å²) >= 11 is 5.82. The monoisotopic (exact) mass is 390 g/mol. The van der Waals surface area contributed by atoms with Crippen molar-refractivity contribution in [1.29, 1.82) is 0 Å². The van der Waals surface area contributed by atoms with Crippen molar-refractivity contribution < 1.29 is 19.2 Å². The first-order valence-electron chi connectivity index (χ1n) is 9.32. The molecular formula is C20H23ClN2O4. The molecule has 1 amide bonds. The van der Waals surface area contributed by atoms with Crippen LogP contribution in [0.5, 0.6) is 0 Å². The van der Waals surface area contributed by atoms with Gasteiger partial charge in [0, 0.05) is 17.5 Å². The molecule has 0 atom stereocenters. The van der Waals surface area contributed by atoms with E-state index in [2.05, 4.69) is 10.5 Å². The fraction of sp³-hybridized carbons (Fsp3) is 0.450. The van der Waals surface area contributed by atoms with Gasteiger partial charge in [-0.1, -0.05) is 55.3 Å². The van der Waals surface area contributed by atoms with Gasteiger partial charge in [0.25, 0.3) is 5.91 Å². The number of aromatic nitrogens is 1. The Balaban J connectivity index is 1.56. The Labute approximate surface area is 162 Å². The molecule has 0 spiro atoms. The van der Waals surface area contributed by atoms with Crippen molar-refractivity contribution in [1.82, 2.24) is 5.16 Å². The van der Waals surface area contributed by atoms with Gasteiger partial charge in [-0.2, -0.15) is 0 Å². The van der Waals surface area contributed by atoms with Gasteiger partial charge in [0.2, 0.25) is 0 Å². The summed E-state index contributed by atoms with van der Waals surface area (Å²) in [5.41, 5.74) is 0.222. The van der Waals surface area contributed by atoms with Crippen molar-refractivity contribution in [2.75, 3.05) is 5.32 Å². The molecule has 2 N–H and O–H groups in total. The average Bonchev–Trinajstić information content (AvgIpc) is 3.13. The number of aryl methyl sites for hydroxylation is 1. The number of carboxylic acids is 1. The quantitative estimate of drug-likeness (QED) is 0.679. The number of hydrogen-bond acceptors (Lipinski definition) is 4. The summed E-state index contributed by atoms with van der Waals surface area (Å²) in [6.07, 6.45) is 9.59. The highest BCUT2D eigenvalue weighted by atomic mass is 35.5. The van der Waals surface area contributed by atoms with E-state index in [0.717, 1.165) is 18.8 Å². The Morgan fingerprint density at radius 1 is 1.22 bits per heavy atom. The fourth-order valence-electron chi connectivity index (χ4n) is 3.57. The standard InChI is InChI=1S/C20H23ClN2O4/c21-14-9-10-17(16(11-14)20(25)26)22-19(24)18-12-15(27-23-18)8-4-7-13-5-2-1-3-6-13/h9-13H,1-8H2,(H,22,24)(H,25,26). The van der Waals surface area contributed by atoms with Crippen LogP contribution in [0.1, 0.15) is 71.6 Å². The van der Waals surface area contributed by atoms with Crippen molar-refractivity contribution in [3.8, 4) is 0 Å². The number of aromatic carboxylic acids is 1. The third-order valence-corrected chi connectivity index (χ3v) is 5.25. The smallest absolute Gasteiger partial charge is 0.337 e. The number of anilines is 1. The number of rotatable bonds is 7. The number of nitrogens with one attached hydrogen (secondary N) is 1. The van der Waals surface area contributed by atoms with Gasteiger partial charge in [0.1, 0.15) is 5.76 Å². The summed E-state index contributed by atoms with van der Waals surface area (Å²) in [5, 5.41) is 15.9. The molecule has 0 unspecified atom stereocenters. The molecule has 1 fully saturated rings. The summed E-state index contributed by atoms with van der Waals surface area (Å²) in [6, 6.07) is 5.88. The third kappa shape index (κ3) is 5.32. The minimum atomic E-state index is -1.17. The van der Waals surface area contributed by atoms with E-state index >= 15 is 0 Å². The van der Waals surface area contributed by atoms with Crippen LogP contribution in [-0.4, -0.2) is 22.1 Å². The summed E-state index contributed by atoms with van der Waals surface area (Å²) < 4.78 is 5.26. The fourth-order valence-corrected chi connectivity index (χ4v) is 3.74. The largest absolute Gasteiger partial charge is 0.478 e. The summed E-state index contributed by atoms with van der Waals surface area (Å²) in [6.45, 7) is 0. The highest BCUT2D eigenvalue weighted by molar-refractivity contribution is 6.31. The van der Waals surface area contributed by atoms with E-state index in [-0.39, 0.29) is 22.0 Å². The van der Waals surface area contributed by atoms with Crippen LogP contribution >= 0.6 is 11.6 Å². The topological polar surface area (TPSA) is 92.4 Å². The molecule has 3 rings (SSSR count). The van der Waals surface area contributed by atoms with E-state index in [4.69, 9.17) is 16.1 Å². The first-order valence-corrected chi connectivity index (χ1v) is 9.70. The minimum absolute atomic E-state index is 0.0768. The Bertz CT molecular complexity index is 812. The number of benzene rings is 1. The summed E-state index contributed by atoms with van der Waals surface area (Å²) in [5.74, 6) is -0.201. The van der Waals surface area contributed by atoms with Crippen LogP contribution in [-0.2, 0) is 6.42 Å². The van der Waals surface area contributed by atoms with Crippen molar-refractivity contribution in [3.05, 3.63) is 46.3 Å². The van der Waals surface area contributed by atoms with Crippen molar-refractivity contribution in [2.45, 2.75) is 51.4 Å². The molecule has 1 aromatic carbocycles. The number of nitrogens with zero attached hydrogens (tertiary/aromatic N) is 1. The van der Waals surface area contributed by atoms with E-state index in [1.807, 2.05) is 0 Å². The number of carboxylic acid groups (broad SMARTS) is 1. The number of hydrogen-bond donors (Lipinski definition) is 2. The number of halogens is 1. The third-order valence-electron chi connectivity index (χ3n) is 5.01. The van der Waals surface area contributed by atoms with Crippen molar-refractivity contribution in [3.63, 3.8) is 0 Å².